The smallest absolute Gasteiger partial charge is 0.000979 e. The lowest BCUT2D eigenvalue weighted by Crippen LogP contribution is -2.24. The molecule has 0 radical (unpaired) electrons. The molecule has 0 amide bonds. The summed E-state index contributed by atoms with van der Waals surface area (Å²) in [6, 6.07) is 0. The molecule has 2 fully saturated rings. The van der Waals surface area contributed by atoms with Crippen molar-refractivity contribution in [1.29, 1.82) is 0 Å². The van der Waals surface area contributed by atoms with Gasteiger partial charge in [-0.15, -0.1) is 0 Å². The van der Waals surface area contributed by atoms with E-state index in [1.165, 1.54) is 38.6 Å². The summed E-state index contributed by atoms with van der Waals surface area (Å²) in [5, 5.41) is 3.59. The first-order valence-corrected chi connectivity index (χ1v) is 8.14. The summed E-state index contributed by atoms with van der Waals surface area (Å²) < 4.78 is 0. The third kappa shape index (κ3) is 2.35. The predicted octanol–water partition coefficient (Wildman–Crippen LogP) is 4.47. The summed E-state index contributed by atoms with van der Waals surface area (Å²) in [6.07, 6.45) is 7.41. The van der Waals surface area contributed by atoms with Crippen LogP contribution in [0.25, 0.3) is 0 Å². The molecule has 2 saturated carbocycles. The molecule has 1 nitrogen and oxygen atoms in total. The van der Waals surface area contributed by atoms with Crippen LogP contribution in [-0.4, -0.2) is 13.1 Å². The molecule has 0 saturated heterocycles. The molecule has 0 aliphatic heterocycles. The van der Waals surface area contributed by atoms with Gasteiger partial charge in [0.05, 0.1) is 0 Å². The fraction of sp³-hybridized carbons (Fsp3) is 1.00. The molecule has 0 bridgehead atoms. The van der Waals surface area contributed by atoms with Crippen molar-refractivity contribution in [2.75, 3.05) is 13.1 Å². The first-order valence-electron chi connectivity index (χ1n) is 8.14. The van der Waals surface area contributed by atoms with Crippen LogP contribution in [0.4, 0.5) is 0 Å². The average molecular weight is 251 g/mol. The Labute approximate surface area is 114 Å². The molecular weight excluding hydrogens is 218 g/mol. The van der Waals surface area contributed by atoms with Crippen LogP contribution in [0.15, 0.2) is 0 Å². The highest BCUT2D eigenvalue weighted by Crippen LogP contribution is 2.75. The van der Waals surface area contributed by atoms with Crippen LogP contribution >= 0.6 is 0 Å². The highest BCUT2D eigenvalue weighted by Gasteiger charge is 2.69. The maximum Gasteiger partial charge on any atom is -0.000979 e. The molecule has 0 aromatic rings. The molecule has 1 N–H and O–H groups in total. The van der Waals surface area contributed by atoms with Crippen LogP contribution < -0.4 is 5.32 Å². The highest BCUT2D eigenvalue weighted by molar-refractivity contribution is 5.18. The van der Waals surface area contributed by atoms with Crippen molar-refractivity contribution in [1.82, 2.24) is 5.32 Å². The maximum atomic E-state index is 3.59. The molecule has 1 heteroatoms. The fourth-order valence-corrected chi connectivity index (χ4v) is 5.00. The molecular formula is C17H33N. The van der Waals surface area contributed by atoms with Crippen molar-refractivity contribution < 1.29 is 0 Å². The zero-order valence-corrected chi connectivity index (χ0v) is 13.2. The third-order valence-electron chi connectivity index (χ3n) is 6.03. The summed E-state index contributed by atoms with van der Waals surface area (Å²) in [5.74, 6) is 2.81. The SMILES string of the molecule is CCNCC1C(C)(C)C12CCCC(CC(C)C)C2. The minimum atomic E-state index is 0.588. The second-order valence-corrected chi connectivity index (χ2v) is 7.83. The Bertz CT molecular complexity index is 281. The Morgan fingerprint density at radius 1 is 1.28 bits per heavy atom. The molecule has 2 aliphatic carbocycles. The fourth-order valence-electron chi connectivity index (χ4n) is 5.00. The monoisotopic (exact) mass is 251 g/mol. The van der Waals surface area contributed by atoms with Crippen LogP contribution in [0.3, 0.4) is 0 Å². The van der Waals surface area contributed by atoms with Crippen molar-refractivity contribution in [2.24, 2.45) is 28.6 Å². The van der Waals surface area contributed by atoms with Crippen molar-refractivity contribution in [2.45, 2.75) is 66.7 Å². The van der Waals surface area contributed by atoms with Gasteiger partial charge in [-0.05, 0) is 60.9 Å². The molecule has 3 atom stereocenters. The van der Waals surface area contributed by atoms with Gasteiger partial charge in [0, 0.05) is 0 Å². The molecule has 106 valence electrons. The van der Waals surface area contributed by atoms with E-state index in [9.17, 15) is 0 Å². The number of hydrogen-bond donors (Lipinski definition) is 1. The Kier molecular flexibility index (Phi) is 4.11. The largest absolute Gasteiger partial charge is 0.317 e. The van der Waals surface area contributed by atoms with Crippen molar-refractivity contribution in [3.8, 4) is 0 Å². The summed E-state index contributed by atoms with van der Waals surface area (Å²) >= 11 is 0. The predicted molar refractivity (Wildman–Crippen MR) is 79.7 cm³/mol. The van der Waals surface area contributed by atoms with E-state index in [0.29, 0.717) is 10.8 Å². The van der Waals surface area contributed by atoms with Crippen LogP contribution in [-0.2, 0) is 0 Å². The summed E-state index contributed by atoms with van der Waals surface area (Å²) in [6.45, 7) is 14.4. The van der Waals surface area contributed by atoms with E-state index in [1.54, 1.807) is 0 Å². The van der Waals surface area contributed by atoms with E-state index in [0.717, 1.165) is 24.3 Å². The van der Waals surface area contributed by atoms with Gasteiger partial charge in [0.25, 0.3) is 0 Å². The van der Waals surface area contributed by atoms with Crippen molar-refractivity contribution in [3.05, 3.63) is 0 Å². The summed E-state index contributed by atoms with van der Waals surface area (Å²) in [7, 11) is 0. The van der Waals surface area contributed by atoms with E-state index in [4.69, 9.17) is 0 Å². The topological polar surface area (TPSA) is 12.0 Å². The molecule has 0 aromatic carbocycles. The Morgan fingerprint density at radius 3 is 2.61 bits per heavy atom. The molecule has 18 heavy (non-hydrogen) atoms. The van der Waals surface area contributed by atoms with Crippen LogP contribution in [0.1, 0.15) is 66.7 Å². The molecule has 2 rings (SSSR count). The van der Waals surface area contributed by atoms with E-state index >= 15 is 0 Å². The summed E-state index contributed by atoms with van der Waals surface area (Å²) in [5.41, 5.74) is 1.28. The Balaban J connectivity index is 1.98. The lowest BCUT2D eigenvalue weighted by atomic mass is 9.72. The van der Waals surface area contributed by atoms with E-state index < -0.39 is 0 Å². The minimum Gasteiger partial charge on any atom is -0.317 e. The lowest BCUT2D eigenvalue weighted by Gasteiger charge is -2.33. The zero-order chi connectivity index (χ0) is 13.4. The Hall–Kier alpha value is -0.0400. The van der Waals surface area contributed by atoms with Gasteiger partial charge in [0.2, 0.25) is 0 Å². The molecule has 1 spiro atoms. The van der Waals surface area contributed by atoms with Crippen LogP contribution in [0, 0.1) is 28.6 Å². The second kappa shape index (κ2) is 5.15. The quantitative estimate of drug-likeness (QED) is 0.760. The van der Waals surface area contributed by atoms with Gasteiger partial charge in [-0.2, -0.15) is 0 Å². The Morgan fingerprint density at radius 2 is 2.00 bits per heavy atom. The molecule has 2 aliphatic rings. The van der Waals surface area contributed by atoms with E-state index in [2.05, 4.69) is 39.9 Å². The highest BCUT2D eigenvalue weighted by atomic mass is 14.9. The van der Waals surface area contributed by atoms with Gasteiger partial charge in [-0.1, -0.05) is 47.5 Å². The second-order valence-electron chi connectivity index (χ2n) is 7.83. The van der Waals surface area contributed by atoms with Gasteiger partial charge < -0.3 is 5.32 Å². The first kappa shape index (κ1) is 14.4. The average Bonchev–Trinajstić information content (AvgIpc) is 2.70. The van der Waals surface area contributed by atoms with Gasteiger partial charge in [-0.3, -0.25) is 0 Å². The number of nitrogens with one attached hydrogen (secondary N) is 1. The third-order valence-corrected chi connectivity index (χ3v) is 6.03. The van der Waals surface area contributed by atoms with E-state index in [-0.39, 0.29) is 0 Å². The summed E-state index contributed by atoms with van der Waals surface area (Å²) in [4.78, 5) is 0. The molecule has 0 aromatic heterocycles. The standard InChI is InChI=1S/C17H33N/c1-6-18-12-15-16(4,5)17(15)9-7-8-14(11-17)10-13(2)3/h13-15,18H,6-12H2,1-5H3. The van der Waals surface area contributed by atoms with Crippen molar-refractivity contribution >= 4 is 0 Å². The normalized spacial score (nSPS) is 38.3. The maximum absolute atomic E-state index is 3.59. The van der Waals surface area contributed by atoms with Crippen LogP contribution in [0.2, 0.25) is 0 Å². The van der Waals surface area contributed by atoms with Gasteiger partial charge in [-0.25, -0.2) is 0 Å². The van der Waals surface area contributed by atoms with E-state index in [1.807, 2.05) is 0 Å². The van der Waals surface area contributed by atoms with Gasteiger partial charge in [0.1, 0.15) is 0 Å². The minimum absolute atomic E-state index is 0.588. The van der Waals surface area contributed by atoms with Crippen LogP contribution in [0.5, 0.6) is 0 Å². The van der Waals surface area contributed by atoms with Gasteiger partial charge in [0.15, 0.2) is 0 Å². The van der Waals surface area contributed by atoms with Gasteiger partial charge >= 0.3 is 0 Å². The van der Waals surface area contributed by atoms with Crippen molar-refractivity contribution in [3.63, 3.8) is 0 Å². The number of hydrogen-bond acceptors (Lipinski definition) is 1. The number of rotatable bonds is 5. The molecule has 3 unspecified atom stereocenters. The first-order chi connectivity index (χ1) is 8.44. The molecule has 0 heterocycles. The lowest BCUT2D eigenvalue weighted by molar-refractivity contribution is 0.178. The zero-order valence-electron chi connectivity index (χ0n) is 13.2.